The first-order chi connectivity index (χ1) is 10.9. The number of carbonyl (C=O) groups excluding carboxylic acids is 1. The number of hydrogen-bond acceptors (Lipinski definition) is 6. The van der Waals surface area contributed by atoms with Crippen LogP contribution >= 0.6 is 27.5 Å². The van der Waals surface area contributed by atoms with Crippen LogP contribution in [0.4, 0.5) is 0 Å². The maximum absolute atomic E-state index is 11.9. The summed E-state index contributed by atoms with van der Waals surface area (Å²) >= 11 is 8.40. The summed E-state index contributed by atoms with van der Waals surface area (Å²) in [6.07, 6.45) is -2.19. The van der Waals surface area contributed by atoms with Crippen LogP contribution in [0.25, 0.3) is 6.08 Å². The first kappa shape index (κ1) is 18.1. The topological polar surface area (TPSA) is 122 Å². The monoisotopic (exact) mass is 408 g/mol. The Hall–Kier alpha value is -1.26. The molecule has 0 bridgehead atoms. The van der Waals surface area contributed by atoms with Crippen LogP contribution in [0.3, 0.4) is 0 Å². The minimum absolute atomic E-state index is 0.0271. The van der Waals surface area contributed by atoms with Crippen molar-refractivity contribution in [2.75, 3.05) is 5.88 Å². The number of H-pyrrole nitrogens is 1. The zero-order valence-corrected chi connectivity index (χ0v) is 14.0. The van der Waals surface area contributed by atoms with Crippen molar-refractivity contribution in [3.8, 4) is 0 Å². The summed E-state index contributed by atoms with van der Waals surface area (Å²) in [6.45, 7) is 0. The number of rotatable bonds is 5. The van der Waals surface area contributed by atoms with Crippen molar-refractivity contribution in [2.45, 2.75) is 31.0 Å². The largest absolute Gasteiger partial charge is 0.390 e. The number of nitrogens with zero attached hydrogens (tertiary/aromatic N) is 1. The molecule has 1 aromatic heterocycles. The van der Waals surface area contributed by atoms with E-state index in [4.69, 9.17) is 16.3 Å². The van der Waals surface area contributed by atoms with Crippen LogP contribution in [-0.2, 0) is 9.53 Å². The Morgan fingerprint density at radius 1 is 1.61 bits per heavy atom. The maximum Gasteiger partial charge on any atom is 0.330 e. The van der Waals surface area contributed by atoms with Crippen molar-refractivity contribution in [1.29, 1.82) is 0 Å². The van der Waals surface area contributed by atoms with Gasteiger partial charge in [-0.25, -0.2) is 4.79 Å². The van der Waals surface area contributed by atoms with Gasteiger partial charge in [-0.05, 0) is 11.1 Å². The molecule has 0 aliphatic carbocycles. The fourth-order valence-electron chi connectivity index (χ4n) is 2.30. The van der Waals surface area contributed by atoms with E-state index in [1.807, 2.05) is 0 Å². The van der Waals surface area contributed by atoms with Gasteiger partial charge < -0.3 is 14.9 Å². The number of aliphatic hydroxyl groups excluding tert-OH is 2. The molecule has 4 atom stereocenters. The summed E-state index contributed by atoms with van der Waals surface area (Å²) in [5.74, 6) is -1.11. The molecule has 1 aliphatic heterocycles. The third-order valence-electron chi connectivity index (χ3n) is 3.46. The number of halogens is 2. The van der Waals surface area contributed by atoms with Gasteiger partial charge in [-0.15, -0.1) is 11.6 Å². The van der Waals surface area contributed by atoms with Crippen LogP contribution in [0.15, 0.2) is 20.8 Å². The van der Waals surface area contributed by atoms with Gasteiger partial charge in [0, 0.05) is 12.6 Å². The lowest BCUT2D eigenvalue weighted by atomic mass is 10.0. The van der Waals surface area contributed by atoms with Gasteiger partial charge in [0.2, 0.25) is 0 Å². The van der Waals surface area contributed by atoms with E-state index in [1.165, 1.54) is 17.3 Å². The first-order valence-corrected chi connectivity index (χ1v) is 8.06. The van der Waals surface area contributed by atoms with E-state index < -0.39 is 47.5 Å². The van der Waals surface area contributed by atoms with Gasteiger partial charge in [0.25, 0.3) is 5.56 Å². The standard InChI is InChI=1S/C13H14BrClN2O6/c14-2-1-6-5-17(13(22)16-12(6)21)9-3-7(18)11(23-9)10(20)8(19)4-15/h1-2,5,7,9-11,18,20H,3-4H2,(H,16,21,22)/t7-,9+,10?,11-/m0/s1. The molecule has 1 aromatic rings. The lowest BCUT2D eigenvalue weighted by Crippen LogP contribution is -2.41. The van der Waals surface area contributed by atoms with Crippen molar-refractivity contribution >= 4 is 39.4 Å². The number of ether oxygens (including phenoxy) is 1. The third kappa shape index (κ3) is 3.81. The number of carbonyl (C=O) groups is 1. The molecule has 1 fully saturated rings. The zero-order valence-electron chi connectivity index (χ0n) is 11.7. The van der Waals surface area contributed by atoms with Crippen LogP contribution in [0.1, 0.15) is 18.2 Å². The second-order valence-corrected chi connectivity index (χ2v) is 5.74. The van der Waals surface area contributed by atoms with E-state index in [-0.39, 0.29) is 12.0 Å². The number of aliphatic hydroxyl groups is 2. The molecule has 3 N–H and O–H groups in total. The highest BCUT2D eigenvalue weighted by atomic mass is 79.9. The maximum atomic E-state index is 11.9. The quantitative estimate of drug-likeness (QED) is 0.575. The van der Waals surface area contributed by atoms with Crippen molar-refractivity contribution in [3.05, 3.63) is 37.6 Å². The third-order valence-corrected chi connectivity index (χ3v) is 3.99. The lowest BCUT2D eigenvalue weighted by Gasteiger charge is -2.19. The molecule has 8 nitrogen and oxygen atoms in total. The molecule has 1 saturated heterocycles. The highest BCUT2D eigenvalue weighted by Crippen LogP contribution is 2.29. The van der Waals surface area contributed by atoms with E-state index in [0.29, 0.717) is 0 Å². The molecule has 2 rings (SSSR count). The van der Waals surface area contributed by atoms with Gasteiger partial charge in [0.15, 0.2) is 5.78 Å². The van der Waals surface area contributed by atoms with Gasteiger partial charge in [-0.3, -0.25) is 19.1 Å². The SMILES string of the molecule is O=C(CCl)C(O)[C@H]1O[C@@H](n2cc(C=CBr)c(=O)[nH]c2=O)C[C@@H]1O. The number of Topliss-reactive ketones (excluding diaryl/α,β-unsaturated/α-hetero) is 1. The number of aromatic amines is 1. The van der Waals surface area contributed by atoms with Crippen molar-refractivity contribution < 1.29 is 19.7 Å². The second-order valence-electron chi connectivity index (χ2n) is 4.95. The molecular formula is C13H14BrClN2O6. The van der Waals surface area contributed by atoms with Gasteiger partial charge in [0.1, 0.15) is 18.4 Å². The fourth-order valence-corrected chi connectivity index (χ4v) is 2.74. The Bertz CT molecular complexity index is 730. The first-order valence-electron chi connectivity index (χ1n) is 6.61. The molecule has 0 spiro atoms. The summed E-state index contributed by atoms with van der Waals surface area (Å²) < 4.78 is 6.51. The smallest absolute Gasteiger partial charge is 0.330 e. The molecule has 126 valence electrons. The number of nitrogens with one attached hydrogen (secondary N) is 1. The molecule has 1 aliphatic rings. The Balaban J connectivity index is 2.31. The number of alkyl halides is 1. The predicted octanol–water partition coefficient (Wildman–Crippen LogP) is -0.281. The average molecular weight is 410 g/mol. The molecular weight excluding hydrogens is 396 g/mol. The molecule has 2 heterocycles. The second kappa shape index (κ2) is 7.54. The van der Waals surface area contributed by atoms with Gasteiger partial charge in [-0.2, -0.15) is 0 Å². The minimum atomic E-state index is -1.59. The molecule has 0 radical (unpaired) electrons. The Morgan fingerprint density at radius 3 is 2.91 bits per heavy atom. The normalized spacial score (nSPS) is 25.8. The van der Waals surface area contributed by atoms with E-state index in [9.17, 15) is 24.6 Å². The molecule has 10 heteroatoms. The summed E-state index contributed by atoms with van der Waals surface area (Å²) in [4.78, 5) is 38.6. The number of aromatic nitrogens is 2. The molecule has 0 aromatic carbocycles. The molecule has 23 heavy (non-hydrogen) atoms. The van der Waals surface area contributed by atoms with Crippen molar-refractivity contribution in [2.24, 2.45) is 0 Å². The highest BCUT2D eigenvalue weighted by Gasteiger charge is 2.42. The Kier molecular flexibility index (Phi) is 5.93. The van der Waals surface area contributed by atoms with E-state index >= 15 is 0 Å². The minimum Gasteiger partial charge on any atom is -0.390 e. The summed E-state index contributed by atoms with van der Waals surface area (Å²) in [7, 11) is 0. The van der Waals surface area contributed by atoms with Crippen LogP contribution in [-0.4, -0.2) is 49.7 Å². The molecule has 0 saturated carbocycles. The van der Waals surface area contributed by atoms with Gasteiger partial charge in [0.05, 0.1) is 17.5 Å². The lowest BCUT2D eigenvalue weighted by molar-refractivity contribution is -0.138. The van der Waals surface area contributed by atoms with E-state index in [1.54, 1.807) is 0 Å². The van der Waals surface area contributed by atoms with Crippen molar-refractivity contribution in [3.63, 3.8) is 0 Å². The molecule has 0 amide bonds. The number of hydrogen-bond donors (Lipinski definition) is 3. The Labute approximate surface area is 143 Å². The zero-order chi connectivity index (χ0) is 17.1. The van der Waals surface area contributed by atoms with Crippen LogP contribution < -0.4 is 11.2 Å². The summed E-state index contributed by atoms with van der Waals surface area (Å²) in [5, 5.41) is 19.8. The predicted molar refractivity (Wildman–Crippen MR) is 85.6 cm³/mol. The van der Waals surface area contributed by atoms with Crippen LogP contribution in [0.2, 0.25) is 0 Å². The van der Waals surface area contributed by atoms with E-state index in [2.05, 4.69) is 20.9 Å². The van der Waals surface area contributed by atoms with Crippen molar-refractivity contribution in [1.82, 2.24) is 9.55 Å². The number of ketones is 1. The van der Waals surface area contributed by atoms with Gasteiger partial charge >= 0.3 is 5.69 Å². The average Bonchev–Trinajstić information content (AvgIpc) is 2.90. The summed E-state index contributed by atoms with van der Waals surface area (Å²) in [6, 6.07) is 0. The van der Waals surface area contributed by atoms with Crippen LogP contribution in [0, 0.1) is 0 Å². The van der Waals surface area contributed by atoms with Gasteiger partial charge in [-0.1, -0.05) is 15.9 Å². The van der Waals surface area contributed by atoms with E-state index in [0.717, 1.165) is 4.57 Å². The molecule has 1 unspecified atom stereocenters. The fraction of sp³-hybridized carbons (Fsp3) is 0.462. The Morgan fingerprint density at radius 2 is 2.30 bits per heavy atom. The summed E-state index contributed by atoms with van der Waals surface area (Å²) in [5.41, 5.74) is -1.10. The highest BCUT2D eigenvalue weighted by molar-refractivity contribution is 9.11. The van der Waals surface area contributed by atoms with Crippen LogP contribution in [0.5, 0.6) is 0 Å².